The molecule has 1 aliphatic rings. The molecule has 1 aliphatic heterocycles. The molecular weight excluding hydrogens is 335 g/mol. The van der Waals surface area contributed by atoms with E-state index < -0.39 is 0 Å². The minimum absolute atomic E-state index is 0.0456. The number of rotatable bonds is 5. The number of halogens is 1. The molecule has 0 aromatic heterocycles. The van der Waals surface area contributed by atoms with Crippen LogP contribution < -0.4 is 9.47 Å². The van der Waals surface area contributed by atoms with Crippen LogP contribution in [0.15, 0.2) is 42.5 Å². The van der Waals surface area contributed by atoms with Crippen LogP contribution in [0.2, 0.25) is 0 Å². The van der Waals surface area contributed by atoms with Crippen LogP contribution in [0.3, 0.4) is 0 Å². The van der Waals surface area contributed by atoms with E-state index in [2.05, 4.69) is 4.90 Å². The summed E-state index contributed by atoms with van der Waals surface area (Å²) in [4.78, 5) is 16.6. The molecular formula is C20H23FN2O3. The summed E-state index contributed by atoms with van der Waals surface area (Å²) in [7, 11) is 3.25. The van der Waals surface area contributed by atoms with Gasteiger partial charge in [-0.05, 0) is 42.0 Å². The molecule has 1 heterocycles. The summed E-state index contributed by atoms with van der Waals surface area (Å²) in [5.74, 6) is 1.05. The maximum Gasteiger partial charge on any atom is 0.253 e. The third-order valence-electron chi connectivity index (χ3n) is 4.60. The first kappa shape index (κ1) is 18.2. The summed E-state index contributed by atoms with van der Waals surface area (Å²) in [5, 5.41) is 0. The summed E-state index contributed by atoms with van der Waals surface area (Å²) in [6, 6.07) is 11.6. The predicted octanol–water partition coefficient (Wildman–Crippen LogP) is 2.80. The molecule has 0 bridgehead atoms. The van der Waals surface area contributed by atoms with E-state index in [9.17, 15) is 9.18 Å². The SMILES string of the molecule is COc1ccc(CN2CCN(C(=O)c3ccc(F)cc3)CC2)cc1OC. The lowest BCUT2D eigenvalue weighted by atomic mass is 10.1. The van der Waals surface area contributed by atoms with Crippen molar-refractivity contribution in [3.8, 4) is 11.5 Å². The zero-order chi connectivity index (χ0) is 18.5. The van der Waals surface area contributed by atoms with Crippen LogP contribution in [0.4, 0.5) is 4.39 Å². The van der Waals surface area contributed by atoms with Gasteiger partial charge in [-0.15, -0.1) is 0 Å². The summed E-state index contributed by atoms with van der Waals surface area (Å²) in [6.45, 7) is 3.69. The van der Waals surface area contributed by atoms with Crippen LogP contribution in [0, 0.1) is 5.82 Å². The van der Waals surface area contributed by atoms with Gasteiger partial charge in [-0.25, -0.2) is 4.39 Å². The van der Waals surface area contributed by atoms with Crippen molar-refractivity contribution >= 4 is 5.91 Å². The maximum atomic E-state index is 13.0. The molecule has 1 saturated heterocycles. The Bertz CT molecular complexity index is 756. The number of hydrogen-bond donors (Lipinski definition) is 0. The zero-order valence-corrected chi connectivity index (χ0v) is 15.1. The van der Waals surface area contributed by atoms with Gasteiger partial charge in [0.1, 0.15) is 5.82 Å². The van der Waals surface area contributed by atoms with E-state index in [-0.39, 0.29) is 11.7 Å². The highest BCUT2D eigenvalue weighted by Crippen LogP contribution is 2.28. The van der Waals surface area contributed by atoms with Crippen LogP contribution >= 0.6 is 0 Å². The van der Waals surface area contributed by atoms with Gasteiger partial charge in [-0.2, -0.15) is 0 Å². The van der Waals surface area contributed by atoms with E-state index >= 15 is 0 Å². The second kappa shape index (κ2) is 8.19. The monoisotopic (exact) mass is 358 g/mol. The van der Waals surface area contributed by atoms with E-state index in [4.69, 9.17) is 9.47 Å². The highest BCUT2D eigenvalue weighted by molar-refractivity contribution is 5.94. The van der Waals surface area contributed by atoms with Gasteiger partial charge in [0, 0.05) is 38.3 Å². The van der Waals surface area contributed by atoms with Crippen LogP contribution in [-0.4, -0.2) is 56.1 Å². The van der Waals surface area contributed by atoms with Crippen molar-refractivity contribution in [3.63, 3.8) is 0 Å². The molecule has 1 fully saturated rings. The lowest BCUT2D eigenvalue weighted by Crippen LogP contribution is -2.48. The Kier molecular flexibility index (Phi) is 5.73. The maximum absolute atomic E-state index is 13.0. The third kappa shape index (κ3) is 4.14. The number of hydrogen-bond acceptors (Lipinski definition) is 4. The zero-order valence-electron chi connectivity index (χ0n) is 15.1. The number of amides is 1. The number of nitrogens with zero attached hydrogens (tertiary/aromatic N) is 2. The summed E-state index contributed by atoms with van der Waals surface area (Å²) >= 11 is 0. The van der Waals surface area contributed by atoms with Gasteiger partial charge < -0.3 is 14.4 Å². The van der Waals surface area contributed by atoms with Gasteiger partial charge in [-0.3, -0.25) is 9.69 Å². The largest absolute Gasteiger partial charge is 0.493 e. The quantitative estimate of drug-likeness (QED) is 0.824. The second-order valence-electron chi connectivity index (χ2n) is 6.26. The van der Waals surface area contributed by atoms with Crippen molar-refractivity contribution in [1.29, 1.82) is 0 Å². The molecule has 0 spiro atoms. The fourth-order valence-corrected chi connectivity index (χ4v) is 3.12. The minimum atomic E-state index is -0.332. The molecule has 0 radical (unpaired) electrons. The van der Waals surface area contributed by atoms with Crippen molar-refractivity contribution < 1.29 is 18.7 Å². The molecule has 26 heavy (non-hydrogen) atoms. The lowest BCUT2D eigenvalue weighted by molar-refractivity contribution is 0.0628. The Labute approximate surface area is 152 Å². The van der Waals surface area contributed by atoms with Gasteiger partial charge >= 0.3 is 0 Å². The standard InChI is InChI=1S/C20H23FN2O3/c1-25-18-8-3-15(13-19(18)26-2)14-22-9-11-23(12-10-22)20(24)16-4-6-17(21)7-5-16/h3-8,13H,9-12,14H2,1-2H3. The number of methoxy groups -OCH3 is 2. The normalized spacial score (nSPS) is 15.0. The second-order valence-corrected chi connectivity index (χ2v) is 6.26. The Hall–Kier alpha value is -2.60. The smallest absolute Gasteiger partial charge is 0.253 e. The molecule has 1 amide bonds. The number of ether oxygens (including phenoxy) is 2. The van der Waals surface area contributed by atoms with Crippen molar-refractivity contribution in [2.24, 2.45) is 0 Å². The molecule has 2 aromatic rings. The topological polar surface area (TPSA) is 42.0 Å². The van der Waals surface area contributed by atoms with Crippen LogP contribution in [0.25, 0.3) is 0 Å². The number of benzene rings is 2. The van der Waals surface area contributed by atoms with Crippen molar-refractivity contribution in [2.45, 2.75) is 6.54 Å². The fraction of sp³-hybridized carbons (Fsp3) is 0.350. The Morgan fingerprint density at radius 1 is 0.962 bits per heavy atom. The molecule has 0 N–H and O–H groups in total. The predicted molar refractivity (Wildman–Crippen MR) is 97.1 cm³/mol. The van der Waals surface area contributed by atoms with Gasteiger partial charge in [0.15, 0.2) is 11.5 Å². The average molecular weight is 358 g/mol. The van der Waals surface area contributed by atoms with E-state index in [0.29, 0.717) is 24.4 Å². The van der Waals surface area contributed by atoms with Crippen molar-refractivity contribution in [1.82, 2.24) is 9.80 Å². The summed E-state index contributed by atoms with van der Waals surface area (Å²) in [6.07, 6.45) is 0. The summed E-state index contributed by atoms with van der Waals surface area (Å²) < 4.78 is 23.6. The molecule has 138 valence electrons. The van der Waals surface area contributed by atoms with E-state index in [1.807, 2.05) is 23.1 Å². The highest BCUT2D eigenvalue weighted by Gasteiger charge is 2.22. The molecule has 0 aliphatic carbocycles. The third-order valence-corrected chi connectivity index (χ3v) is 4.60. The minimum Gasteiger partial charge on any atom is -0.493 e. The van der Waals surface area contributed by atoms with Crippen LogP contribution in [-0.2, 0) is 6.54 Å². The van der Waals surface area contributed by atoms with E-state index in [0.717, 1.165) is 30.9 Å². The Morgan fingerprint density at radius 3 is 2.23 bits per heavy atom. The molecule has 0 saturated carbocycles. The van der Waals surface area contributed by atoms with Crippen molar-refractivity contribution in [3.05, 3.63) is 59.4 Å². The average Bonchev–Trinajstić information content (AvgIpc) is 2.68. The molecule has 0 unspecified atom stereocenters. The number of carbonyl (C=O) groups is 1. The summed E-state index contributed by atoms with van der Waals surface area (Å²) in [5.41, 5.74) is 1.67. The number of piperazine rings is 1. The fourth-order valence-electron chi connectivity index (χ4n) is 3.12. The molecule has 2 aromatic carbocycles. The Balaban J connectivity index is 1.57. The van der Waals surface area contributed by atoms with Gasteiger partial charge in [-0.1, -0.05) is 6.07 Å². The van der Waals surface area contributed by atoms with Crippen molar-refractivity contribution in [2.75, 3.05) is 40.4 Å². The van der Waals surface area contributed by atoms with Gasteiger partial charge in [0.2, 0.25) is 0 Å². The molecule has 0 atom stereocenters. The first-order valence-electron chi connectivity index (χ1n) is 8.59. The van der Waals surface area contributed by atoms with Gasteiger partial charge in [0.25, 0.3) is 5.91 Å². The van der Waals surface area contributed by atoms with E-state index in [1.54, 1.807) is 14.2 Å². The van der Waals surface area contributed by atoms with Gasteiger partial charge in [0.05, 0.1) is 14.2 Å². The van der Waals surface area contributed by atoms with Crippen LogP contribution in [0.1, 0.15) is 15.9 Å². The first-order chi connectivity index (χ1) is 12.6. The van der Waals surface area contributed by atoms with E-state index in [1.165, 1.54) is 24.3 Å². The molecule has 5 nitrogen and oxygen atoms in total. The molecule has 3 rings (SSSR count). The lowest BCUT2D eigenvalue weighted by Gasteiger charge is -2.34. The number of carbonyl (C=O) groups excluding carboxylic acids is 1. The van der Waals surface area contributed by atoms with Crippen LogP contribution in [0.5, 0.6) is 11.5 Å². The Morgan fingerprint density at radius 2 is 1.62 bits per heavy atom. The highest BCUT2D eigenvalue weighted by atomic mass is 19.1. The first-order valence-corrected chi connectivity index (χ1v) is 8.59. The molecule has 6 heteroatoms.